The zero-order chi connectivity index (χ0) is 18.2. The maximum atomic E-state index is 12.7. The minimum Gasteiger partial charge on any atom is -0.381 e. The van der Waals surface area contributed by atoms with Crippen molar-refractivity contribution in [1.82, 2.24) is 0 Å². The van der Waals surface area contributed by atoms with Gasteiger partial charge in [0.25, 0.3) is 0 Å². The van der Waals surface area contributed by atoms with Gasteiger partial charge in [0, 0.05) is 43.2 Å². The van der Waals surface area contributed by atoms with Crippen molar-refractivity contribution in [3.8, 4) is 0 Å². The summed E-state index contributed by atoms with van der Waals surface area (Å²) in [5, 5.41) is 0. The molecule has 0 radical (unpaired) electrons. The largest absolute Gasteiger partial charge is 0.381 e. The number of hydrogen-bond acceptors (Lipinski definition) is 4. The maximum Gasteiger partial charge on any atom is 0.181 e. The molecule has 0 saturated carbocycles. The Bertz CT molecular complexity index is 954. The molecule has 0 aromatic heterocycles. The Morgan fingerprint density at radius 3 is 2.70 bits per heavy atom. The Kier molecular flexibility index (Phi) is 4.21. The van der Waals surface area contributed by atoms with Crippen molar-refractivity contribution in [2.75, 3.05) is 13.2 Å². The fourth-order valence-corrected chi connectivity index (χ4v) is 4.28. The van der Waals surface area contributed by atoms with Gasteiger partial charge >= 0.3 is 0 Å². The van der Waals surface area contributed by atoms with Crippen LogP contribution in [-0.2, 0) is 28.9 Å². The molecule has 0 amide bonds. The Morgan fingerprint density at radius 1 is 1.07 bits per heavy atom. The van der Waals surface area contributed by atoms with E-state index in [0.717, 1.165) is 49.4 Å². The van der Waals surface area contributed by atoms with E-state index >= 15 is 0 Å². The predicted octanol–water partition coefficient (Wildman–Crippen LogP) is 3.86. The number of ketones is 1. The number of fused-ring (bicyclic) bond motifs is 2. The summed E-state index contributed by atoms with van der Waals surface area (Å²) in [6, 6.07) is 14.3. The van der Waals surface area contributed by atoms with Gasteiger partial charge in [0.2, 0.25) is 0 Å². The zero-order valence-corrected chi connectivity index (χ0v) is 15.3. The molecule has 136 valence electrons. The highest BCUT2D eigenvalue weighted by Gasteiger charge is 2.29. The molecule has 3 aliphatic rings. The van der Waals surface area contributed by atoms with Crippen LogP contribution in [-0.4, -0.2) is 30.4 Å². The van der Waals surface area contributed by atoms with E-state index in [2.05, 4.69) is 12.1 Å². The third-order valence-electron chi connectivity index (χ3n) is 5.75. The summed E-state index contributed by atoms with van der Waals surface area (Å²) in [5.74, 6) is 0.610. The predicted molar refractivity (Wildman–Crippen MR) is 106 cm³/mol. The van der Waals surface area contributed by atoms with Crippen molar-refractivity contribution >= 4 is 22.9 Å². The van der Waals surface area contributed by atoms with Gasteiger partial charge in [0.1, 0.15) is 0 Å². The van der Waals surface area contributed by atoms with Crippen LogP contribution in [0.25, 0.3) is 0 Å². The Labute approximate surface area is 159 Å². The number of aliphatic imine (C=N–C) groups is 2. The molecule has 0 unspecified atom stereocenters. The first-order valence-corrected chi connectivity index (χ1v) is 9.71. The Hall–Kier alpha value is -2.59. The molecule has 2 aromatic rings. The number of ether oxygens (including phenoxy) is 1. The molecule has 0 N–H and O–H groups in total. The van der Waals surface area contributed by atoms with Crippen LogP contribution in [0.5, 0.6) is 0 Å². The van der Waals surface area contributed by atoms with E-state index < -0.39 is 0 Å². The lowest BCUT2D eigenvalue weighted by Gasteiger charge is -2.22. The first kappa shape index (κ1) is 16.6. The van der Waals surface area contributed by atoms with Gasteiger partial charge in [-0.2, -0.15) is 0 Å². The fraction of sp³-hybridized carbons (Fsp3) is 0.348. The molecule has 2 aromatic carbocycles. The first-order valence-electron chi connectivity index (χ1n) is 9.71. The minimum absolute atomic E-state index is 0.121. The summed E-state index contributed by atoms with van der Waals surface area (Å²) < 4.78 is 5.50. The number of carbonyl (C=O) groups excluding carboxylic acids is 1. The van der Waals surface area contributed by atoms with Crippen LogP contribution < -0.4 is 0 Å². The van der Waals surface area contributed by atoms with Crippen LogP contribution in [0.1, 0.15) is 35.1 Å². The van der Waals surface area contributed by atoms with Crippen LogP contribution in [0.2, 0.25) is 0 Å². The second kappa shape index (κ2) is 6.86. The van der Waals surface area contributed by atoms with Crippen LogP contribution in [0.3, 0.4) is 0 Å². The Balaban J connectivity index is 1.38. The molecular formula is C23H22N2O2. The summed E-state index contributed by atoms with van der Waals surface area (Å²) in [7, 11) is 0. The second-order valence-electron chi connectivity index (χ2n) is 7.55. The van der Waals surface area contributed by atoms with E-state index in [1.807, 2.05) is 30.3 Å². The summed E-state index contributed by atoms with van der Waals surface area (Å²) in [4.78, 5) is 22.2. The third kappa shape index (κ3) is 3.15. The van der Waals surface area contributed by atoms with Gasteiger partial charge in [-0.15, -0.1) is 0 Å². The number of Topliss-reactive ketones (excluding diaryl/α,β-unsaturated/α-hetero) is 1. The quantitative estimate of drug-likeness (QED) is 0.833. The SMILES string of the molecule is O=C(Cc1ccccc1)C1=Nc2cc3c(cc2C1)CN=C3C1CCOCC1. The van der Waals surface area contributed by atoms with Gasteiger partial charge in [-0.05, 0) is 35.6 Å². The van der Waals surface area contributed by atoms with E-state index in [-0.39, 0.29) is 5.78 Å². The number of hydrogen-bond donors (Lipinski definition) is 0. The average Bonchev–Trinajstić information content (AvgIpc) is 3.31. The highest BCUT2D eigenvalue weighted by atomic mass is 16.5. The minimum atomic E-state index is 0.121. The van der Waals surface area contributed by atoms with Gasteiger partial charge in [0.05, 0.1) is 17.9 Å². The molecule has 0 bridgehead atoms. The first-order chi connectivity index (χ1) is 13.3. The third-order valence-corrected chi connectivity index (χ3v) is 5.75. The summed E-state index contributed by atoms with van der Waals surface area (Å²) in [5.41, 5.74) is 7.57. The molecule has 5 rings (SSSR count). The topological polar surface area (TPSA) is 51.0 Å². The molecule has 0 atom stereocenters. The normalized spacial score (nSPS) is 18.7. The molecule has 4 heteroatoms. The molecule has 0 spiro atoms. The summed E-state index contributed by atoms with van der Waals surface area (Å²) in [6.07, 6.45) is 3.14. The van der Waals surface area contributed by atoms with Crippen molar-refractivity contribution in [2.45, 2.75) is 32.2 Å². The Morgan fingerprint density at radius 2 is 1.89 bits per heavy atom. The highest BCUT2D eigenvalue weighted by Crippen LogP contribution is 2.36. The van der Waals surface area contributed by atoms with Gasteiger partial charge in [-0.25, -0.2) is 4.99 Å². The van der Waals surface area contributed by atoms with E-state index in [4.69, 9.17) is 14.7 Å². The molecule has 1 fully saturated rings. The van der Waals surface area contributed by atoms with Crippen molar-refractivity contribution in [3.05, 3.63) is 64.7 Å². The van der Waals surface area contributed by atoms with Crippen LogP contribution >= 0.6 is 0 Å². The lowest BCUT2D eigenvalue weighted by Crippen LogP contribution is -2.23. The van der Waals surface area contributed by atoms with Gasteiger partial charge in [0.15, 0.2) is 5.78 Å². The van der Waals surface area contributed by atoms with Gasteiger partial charge in [-0.3, -0.25) is 9.79 Å². The van der Waals surface area contributed by atoms with Crippen molar-refractivity contribution in [2.24, 2.45) is 15.9 Å². The van der Waals surface area contributed by atoms with Crippen LogP contribution in [0.15, 0.2) is 52.4 Å². The van der Waals surface area contributed by atoms with Gasteiger partial charge < -0.3 is 4.74 Å². The molecule has 3 heterocycles. The smallest absolute Gasteiger partial charge is 0.181 e. The standard InChI is InChI=1S/C23H22N2O2/c26-22(10-15-4-2-1-3-5-15)21-12-17-11-18-14-24-23(16-6-8-27-9-7-16)19(18)13-20(17)25-21/h1-5,11,13,16H,6-10,12,14H2. The zero-order valence-electron chi connectivity index (χ0n) is 15.3. The van der Waals surface area contributed by atoms with Crippen molar-refractivity contribution in [3.63, 3.8) is 0 Å². The number of carbonyl (C=O) groups is 1. The monoisotopic (exact) mass is 358 g/mol. The number of nitrogens with zero attached hydrogens (tertiary/aromatic N) is 2. The number of rotatable bonds is 4. The average molecular weight is 358 g/mol. The molecule has 3 aliphatic heterocycles. The highest BCUT2D eigenvalue weighted by molar-refractivity contribution is 6.42. The van der Waals surface area contributed by atoms with E-state index in [1.54, 1.807) is 0 Å². The lowest BCUT2D eigenvalue weighted by molar-refractivity contribution is -0.112. The van der Waals surface area contributed by atoms with Crippen molar-refractivity contribution in [1.29, 1.82) is 0 Å². The molecular weight excluding hydrogens is 336 g/mol. The summed E-state index contributed by atoms with van der Waals surface area (Å²) in [6.45, 7) is 2.39. The second-order valence-corrected chi connectivity index (χ2v) is 7.55. The van der Waals surface area contributed by atoms with Crippen molar-refractivity contribution < 1.29 is 9.53 Å². The van der Waals surface area contributed by atoms with Crippen LogP contribution in [0, 0.1) is 5.92 Å². The lowest BCUT2D eigenvalue weighted by atomic mass is 9.88. The fourth-order valence-electron chi connectivity index (χ4n) is 4.28. The maximum absolute atomic E-state index is 12.7. The number of benzene rings is 2. The molecule has 0 aliphatic carbocycles. The van der Waals surface area contributed by atoms with E-state index in [0.29, 0.717) is 24.5 Å². The van der Waals surface area contributed by atoms with Crippen LogP contribution in [0.4, 0.5) is 5.69 Å². The summed E-state index contributed by atoms with van der Waals surface area (Å²) >= 11 is 0. The van der Waals surface area contributed by atoms with E-state index in [1.165, 1.54) is 16.8 Å². The molecule has 4 nitrogen and oxygen atoms in total. The van der Waals surface area contributed by atoms with Gasteiger partial charge in [-0.1, -0.05) is 36.4 Å². The molecule has 1 saturated heterocycles. The van der Waals surface area contributed by atoms with E-state index in [9.17, 15) is 4.79 Å². The molecule has 27 heavy (non-hydrogen) atoms.